The minimum Gasteiger partial charge on any atom is -0.292 e. The summed E-state index contributed by atoms with van der Waals surface area (Å²) in [4.78, 5) is 39.4. The highest BCUT2D eigenvalue weighted by Gasteiger charge is 2.20. The van der Waals surface area contributed by atoms with Crippen LogP contribution >= 0.6 is 0 Å². The van der Waals surface area contributed by atoms with Gasteiger partial charge in [-0.05, 0) is 0 Å². The molecule has 0 atom stereocenters. The standard InChI is InChI=1S/C12H24N6O6/c19-10(13-22)7-16-1-2-17(8-11(20)14-23)5-6-18(4-3-16)9-12(21)15-24/h22-24H,1-9H2,(H,13,19)(H,14,20)(H,15,21). The number of hydrogen-bond acceptors (Lipinski definition) is 9. The van der Waals surface area contributed by atoms with Crippen LogP contribution in [0.5, 0.6) is 0 Å². The first-order valence-corrected chi connectivity index (χ1v) is 7.44. The van der Waals surface area contributed by atoms with Gasteiger partial charge in [0.05, 0.1) is 19.6 Å². The zero-order valence-electron chi connectivity index (χ0n) is 13.3. The molecule has 1 heterocycles. The molecule has 0 unspecified atom stereocenters. The van der Waals surface area contributed by atoms with Crippen LogP contribution in [0.1, 0.15) is 0 Å². The number of hydrogen-bond donors (Lipinski definition) is 6. The Morgan fingerprint density at radius 1 is 0.583 bits per heavy atom. The van der Waals surface area contributed by atoms with E-state index in [-0.39, 0.29) is 19.6 Å². The van der Waals surface area contributed by atoms with Crippen LogP contribution in [0.2, 0.25) is 0 Å². The summed E-state index contributed by atoms with van der Waals surface area (Å²) < 4.78 is 0. The molecule has 0 radical (unpaired) electrons. The third-order valence-electron chi connectivity index (χ3n) is 3.67. The molecule has 0 spiro atoms. The Balaban J connectivity index is 2.72. The van der Waals surface area contributed by atoms with E-state index in [1.807, 2.05) is 0 Å². The van der Waals surface area contributed by atoms with Crippen molar-refractivity contribution in [2.45, 2.75) is 0 Å². The van der Waals surface area contributed by atoms with Gasteiger partial charge in [-0.25, -0.2) is 16.4 Å². The predicted octanol–water partition coefficient (Wildman–Crippen LogP) is -3.58. The topological polar surface area (TPSA) is 158 Å². The van der Waals surface area contributed by atoms with Gasteiger partial charge in [-0.3, -0.25) is 44.7 Å². The fraction of sp³-hybridized carbons (Fsp3) is 0.750. The van der Waals surface area contributed by atoms with E-state index < -0.39 is 17.7 Å². The molecule has 1 aliphatic rings. The Kier molecular flexibility index (Phi) is 9.14. The van der Waals surface area contributed by atoms with Crippen LogP contribution < -0.4 is 16.4 Å². The zero-order valence-corrected chi connectivity index (χ0v) is 13.3. The average Bonchev–Trinajstić information content (AvgIpc) is 2.67. The van der Waals surface area contributed by atoms with Gasteiger partial charge in [0.2, 0.25) is 0 Å². The monoisotopic (exact) mass is 348 g/mol. The molecule has 0 aliphatic carbocycles. The third-order valence-corrected chi connectivity index (χ3v) is 3.67. The van der Waals surface area contributed by atoms with Crippen LogP contribution in [0, 0.1) is 0 Å². The summed E-state index contributed by atoms with van der Waals surface area (Å²) in [6.45, 7) is 2.69. The van der Waals surface area contributed by atoms with E-state index in [0.29, 0.717) is 39.3 Å². The van der Waals surface area contributed by atoms with Crippen molar-refractivity contribution in [2.75, 3.05) is 58.9 Å². The van der Waals surface area contributed by atoms with Gasteiger partial charge in [0.15, 0.2) is 0 Å². The normalized spacial score (nSPS) is 18.1. The molecule has 24 heavy (non-hydrogen) atoms. The third kappa shape index (κ3) is 7.63. The molecule has 1 fully saturated rings. The van der Waals surface area contributed by atoms with E-state index in [9.17, 15) is 14.4 Å². The van der Waals surface area contributed by atoms with Crippen molar-refractivity contribution in [1.82, 2.24) is 31.1 Å². The van der Waals surface area contributed by atoms with E-state index in [1.54, 1.807) is 31.1 Å². The summed E-state index contributed by atoms with van der Waals surface area (Å²) in [5.74, 6) is -1.68. The van der Waals surface area contributed by atoms with Crippen LogP contribution in [0.15, 0.2) is 0 Å². The first-order chi connectivity index (χ1) is 11.5. The van der Waals surface area contributed by atoms with Crippen molar-refractivity contribution < 1.29 is 30.0 Å². The Bertz CT molecular complexity index is 362. The van der Waals surface area contributed by atoms with E-state index in [2.05, 4.69) is 0 Å². The molecule has 1 rings (SSSR count). The molecular formula is C12H24N6O6. The predicted molar refractivity (Wildman–Crippen MR) is 79.1 cm³/mol. The Morgan fingerprint density at radius 3 is 0.958 bits per heavy atom. The van der Waals surface area contributed by atoms with Crippen LogP contribution in [-0.4, -0.2) is 107 Å². The number of nitrogens with one attached hydrogen (secondary N) is 3. The second kappa shape index (κ2) is 10.9. The van der Waals surface area contributed by atoms with Crippen molar-refractivity contribution in [3.8, 4) is 0 Å². The fourth-order valence-electron chi connectivity index (χ4n) is 2.37. The first-order valence-electron chi connectivity index (χ1n) is 7.44. The van der Waals surface area contributed by atoms with E-state index >= 15 is 0 Å². The van der Waals surface area contributed by atoms with Gasteiger partial charge in [-0.15, -0.1) is 0 Å². The minimum absolute atomic E-state index is 0.0312. The smallest absolute Gasteiger partial charge is 0.257 e. The van der Waals surface area contributed by atoms with Gasteiger partial charge in [-0.1, -0.05) is 0 Å². The summed E-state index contributed by atoms with van der Waals surface area (Å²) >= 11 is 0. The molecule has 12 nitrogen and oxygen atoms in total. The summed E-state index contributed by atoms with van der Waals surface area (Å²) in [7, 11) is 0. The van der Waals surface area contributed by atoms with Crippen molar-refractivity contribution in [3.63, 3.8) is 0 Å². The fourth-order valence-corrected chi connectivity index (χ4v) is 2.37. The Labute approximate surface area is 138 Å². The summed E-state index contributed by atoms with van der Waals surface area (Å²) in [6, 6.07) is 0. The van der Waals surface area contributed by atoms with Gasteiger partial charge >= 0.3 is 0 Å². The molecule has 1 saturated heterocycles. The SMILES string of the molecule is O=C(CN1CCN(CC(=O)NO)CCN(CC(=O)NO)CC1)NO. The molecule has 0 bridgehead atoms. The summed E-state index contributed by atoms with van der Waals surface area (Å²) in [5.41, 5.74) is 4.70. The van der Waals surface area contributed by atoms with E-state index in [4.69, 9.17) is 15.6 Å². The van der Waals surface area contributed by atoms with Crippen molar-refractivity contribution in [3.05, 3.63) is 0 Å². The van der Waals surface area contributed by atoms with Gasteiger partial charge in [0.1, 0.15) is 0 Å². The van der Waals surface area contributed by atoms with Gasteiger partial charge < -0.3 is 0 Å². The van der Waals surface area contributed by atoms with E-state index in [1.165, 1.54) is 0 Å². The maximum atomic E-state index is 11.4. The molecule has 6 N–H and O–H groups in total. The number of hydroxylamine groups is 3. The highest BCUT2D eigenvalue weighted by molar-refractivity contribution is 5.77. The Morgan fingerprint density at radius 2 is 0.792 bits per heavy atom. The number of carbonyl (C=O) groups is 3. The molecule has 0 aromatic carbocycles. The van der Waals surface area contributed by atoms with Crippen molar-refractivity contribution >= 4 is 17.7 Å². The highest BCUT2D eigenvalue weighted by atomic mass is 16.5. The maximum Gasteiger partial charge on any atom is 0.257 e. The number of rotatable bonds is 6. The molecule has 1 aliphatic heterocycles. The highest BCUT2D eigenvalue weighted by Crippen LogP contribution is 2.01. The lowest BCUT2D eigenvalue weighted by atomic mass is 10.4. The lowest BCUT2D eigenvalue weighted by molar-refractivity contribution is -0.131. The van der Waals surface area contributed by atoms with Crippen LogP contribution in [0.25, 0.3) is 0 Å². The molecular weight excluding hydrogens is 324 g/mol. The summed E-state index contributed by atoms with van der Waals surface area (Å²) in [5, 5.41) is 25.9. The summed E-state index contributed by atoms with van der Waals surface area (Å²) in [6.07, 6.45) is 0. The van der Waals surface area contributed by atoms with Crippen LogP contribution in [0.3, 0.4) is 0 Å². The Hall–Kier alpha value is -1.83. The van der Waals surface area contributed by atoms with Crippen LogP contribution in [-0.2, 0) is 14.4 Å². The van der Waals surface area contributed by atoms with Gasteiger partial charge in [0.25, 0.3) is 17.7 Å². The first kappa shape index (κ1) is 20.2. The van der Waals surface area contributed by atoms with Crippen LogP contribution in [0.4, 0.5) is 0 Å². The number of carbonyl (C=O) groups excluding carboxylic acids is 3. The number of amides is 3. The lowest BCUT2D eigenvalue weighted by Gasteiger charge is -2.24. The van der Waals surface area contributed by atoms with Gasteiger partial charge in [0, 0.05) is 39.3 Å². The average molecular weight is 348 g/mol. The molecule has 0 saturated carbocycles. The molecule has 12 heteroatoms. The lowest BCUT2D eigenvalue weighted by Crippen LogP contribution is -2.43. The molecule has 138 valence electrons. The van der Waals surface area contributed by atoms with Crippen molar-refractivity contribution in [1.29, 1.82) is 0 Å². The molecule has 3 amide bonds. The second-order valence-electron chi connectivity index (χ2n) is 5.43. The maximum absolute atomic E-state index is 11.4. The molecule has 0 aromatic heterocycles. The number of nitrogens with zero attached hydrogens (tertiary/aromatic N) is 3. The quantitative estimate of drug-likeness (QED) is 0.211. The van der Waals surface area contributed by atoms with E-state index in [0.717, 1.165) is 0 Å². The second-order valence-corrected chi connectivity index (χ2v) is 5.43. The largest absolute Gasteiger partial charge is 0.292 e. The minimum atomic E-state index is -0.562. The van der Waals surface area contributed by atoms with Crippen molar-refractivity contribution in [2.24, 2.45) is 0 Å². The zero-order chi connectivity index (χ0) is 17.9. The van der Waals surface area contributed by atoms with Gasteiger partial charge in [-0.2, -0.15) is 0 Å². The molecule has 0 aromatic rings.